The number of esters is 1. The number of rotatable bonds is 4. The van der Waals surface area contributed by atoms with Gasteiger partial charge in [-0.1, -0.05) is 20.8 Å². The molecular weight excluding hydrogens is 200 g/mol. The Kier molecular flexibility index (Phi) is 3.02. The van der Waals surface area contributed by atoms with E-state index in [2.05, 4.69) is 20.8 Å². The van der Waals surface area contributed by atoms with Crippen molar-refractivity contribution < 1.29 is 9.53 Å². The first-order valence-corrected chi connectivity index (χ1v) is 6.65. The maximum Gasteiger partial charge on any atom is 0.309 e. The van der Waals surface area contributed by atoms with E-state index < -0.39 is 0 Å². The summed E-state index contributed by atoms with van der Waals surface area (Å²) in [5, 5.41) is 0. The molecule has 0 amide bonds. The van der Waals surface area contributed by atoms with Gasteiger partial charge in [0, 0.05) is 5.92 Å². The average Bonchev–Trinajstić information content (AvgIpc) is 2.88. The predicted octanol–water partition coefficient (Wildman–Crippen LogP) is 3.40. The van der Waals surface area contributed by atoms with E-state index in [-0.39, 0.29) is 17.5 Å². The van der Waals surface area contributed by atoms with Crippen molar-refractivity contribution in [2.45, 2.75) is 59.0 Å². The summed E-state index contributed by atoms with van der Waals surface area (Å²) in [5.74, 6) is 2.16. The summed E-state index contributed by atoms with van der Waals surface area (Å²) in [6.07, 6.45) is 4.54. The molecule has 4 unspecified atom stereocenters. The Hall–Kier alpha value is -0.530. The van der Waals surface area contributed by atoms with Crippen molar-refractivity contribution in [2.24, 2.45) is 23.7 Å². The maximum atomic E-state index is 12.0. The van der Waals surface area contributed by atoms with E-state index in [1.54, 1.807) is 0 Å². The Morgan fingerprint density at radius 2 is 2.12 bits per heavy atom. The minimum Gasteiger partial charge on any atom is -0.459 e. The molecule has 2 saturated carbocycles. The fourth-order valence-electron chi connectivity index (χ4n) is 3.23. The predicted molar refractivity (Wildman–Crippen MR) is 63.9 cm³/mol. The average molecular weight is 224 g/mol. The molecule has 2 fully saturated rings. The Morgan fingerprint density at radius 1 is 1.44 bits per heavy atom. The van der Waals surface area contributed by atoms with E-state index in [1.807, 2.05) is 6.92 Å². The third-order valence-electron chi connectivity index (χ3n) is 4.28. The van der Waals surface area contributed by atoms with E-state index in [1.165, 1.54) is 12.8 Å². The first-order chi connectivity index (χ1) is 7.42. The molecule has 0 radical (unpaired) electrons. The molecule has 4 atom stereocenters. The topological polar surface area (TPSA) is 26.3 Å². The zero-order valence-electron chi connectivity index (χ0n) is 11.0. The number of hydrogen-bond acceptors (Lipinski definition) is 2. The fourth-order valence-corrected chi connectivity index (χ4v) is 3.23. The number of fused-ring (bicyclic) bond motifs is 1. The third-order valence-corrected chi connectivity index (χ3v) is 4.28. The molecule has 0 N–H and O–H groups in total. The molecule has 0 spiro atoms. The standard InChI is InChI=1S/C14H24O2/c1-9(2)7-10(3)13(15)16-14(4)6-5-11-8-12(11)14/h9-12H,5-8H2,1-4H3. The van der Waals surface area contributed by atoms with Crippen LogP contribution in [0.1, 0.15) is 53.4 Å². The molecule has 2 aliphatic carbocycles. The smallest absolute Gasteiger partial charge is 0.309 e. The van der Waals surface area contributed by atoms with Crippen LogP contribution in [0.5, 0.6) is 0 Å². The van der Waals surface area contributed by atoms with Gasteiger partial charge in [0.2, 0.25) is 0 Å². The summed E-state index contributed by atoms with van der Waals surface area (Å²) in [5.41, 5.74) is -0.132. The first-order valence-electron chi connectivity index (χ1n) is 6.65. The van der Waals surface area contributed by atoms with E-state index in [0.717, 1.165) is 18.8 Å². The van der Waals surface area contributed by atoms with Gasteiger partial charge in [0.05, 0.1) is 5.92 Å². The van der Waals surface area contributed by atoms with Gasteiger partial charge in [0.1, 0.15) is 5.60 Å². The van der Waals surface area contributed by atoms with Gasteiger partial charge in [-0.2, -0.15) is 0 Å². The van der Waals surface area contributed by atoms with E-state index in [9.17, 15) is 4.79 Å². The third kappa shape index (κ3) is 2.26. The van der Waals surface area contributed by atoms with Gasteiger partial charge in [-0.3, -0.25) is 4.79 Å². The lowest BCUT2D eigenvalue weighted by molar-refractivity contribution is -0.164. The molecule has 0 aromatic heterocycles. The van der Waals surface area contributed by atoms with Gasteiger partial charge in [0.15, 0.2) is 0 Å². The van der Waals surface area contributed by atoms with Crippen molar-refractivity contribution in [3.8, 4) is 0 Å². The van der Waals surface area contributed by atoms with Crippen LogP contribution in [-0.4, -0.2) is 11.6 Å². The molecule has 2 heteroatoms. The molecule has 2 rings (SSSR count). The van der Waals surface area contributed by atoms with Crippen LogP contribution in [0.15, 0.2) is 0 Å². The van der Waals surface area contributed by atoms with Crippen molar-refractivity contribution in [1.82, 2.24) is 0 Å². The molecule has 0 bridgehead atoms. The molecule has 16 heavy (non-hydrogen) atoms. The zero-order valence-corrected chi connectivity index (χ0v) is 11.0. The second-order valence-corrected chi connectivity index (χ2v) is 6.41. The number of ether oxygens (including phenoxy) is 1. The lowest BCUT2D eigenvalue weighted by Gasteiger charge is -2.28. The summed E-state index contributed by atoms with van der Waals surface area (Å²) in [7, 11) is 0. The Balaban J connectivity index is 1.87. The first kappa shape index (κ1) is 11.9. The summed E-state index contributed by atoms with van der Waals surface area (Å²) in [6, 6.07) is 0. The normalized spacial score (nSPS) is 38.3. The summed E-state index contributed by atoms with van der Waals surface area (Å²) < 4.78 is 5.78. The van der Waals surface area contributed by atoms with Crippen molar-refractivity contribution in [1.29, 1.82) is 0 Å². The Bertz CT molecular complexity index is 284. The van der Waals surface area contributed by atoms with E-state index >= 15 is 0 Å². The lowest BCUT2D eigenvalue weighted by Crippen LogP contribution is -2.34. The maximum absolute atomic E-state index is 12.0. The summed E-state index contributed by atoms with van der Waals surface area (Å²) in [4.78, 5) is 12.0. The van der Waals surface area contributed by atoms with Crippen molar-refractivity contribution in [2.75, 3.05) is 0 Å². The second-order valence-electron chi connectivity index (χ2n) is 6.41. The highest BCUT2D eigenvalue weighted by Gasteiger charge is 2.57. The molecule has 92 valence electrons. The highest BCUT2D eigenvalue weighted by atomic mass is 16.6. The van der Waals surface area contributed by atoms with Crippen molar-refractivity contribution in [3.05, 3.63) is 0 Å². The fraction of sp³-hybridized carbons (Fsp3) is 0.929. The lowest BCUT2D eigenvalue weighted by atomic mass is 9.97. The van der Waals surface area contributed by atoms with Gasteiger partial charge in [-0.05, 0) is 44.4 Å². The highest BCUT2D eigenvalue weighted by molar-refractivity contribution is 5.72. The highest BCUT2D eigenvalue weighted by Crippen LogP contribution is 2.59. The molecule has 0 aliphatic heterocycles. The van der Waals surface area contributed by atoms with E-state index in [0.29, 0.717) is 11.8 Å². The van der Waals surface area contributed by atoms with Crippen LogP contribution in [-0.2, 0) is 9.53 Å². The van der Waals surface area contributed by atoms with Crippen molar-refractivity contribution in [3.63, 3.8) is 0 Å². The van der Waals surface area contributed by atoms with Crippen LogP contribution in [0.3, 0.4) is 0 Å². The molecule has 0 aromatic carbocycles. The second kappa shape index (κ2) is 4.05. The molecule has 2 aliphatic rings. The molecule has 0 saturated heterocycles. The zero-order chi connectivity index (χ0) is 11.9. The van der Waals surface area contributed by atoms with Crippen LogP contribution in [0.2, 0.25) is 0 Å². The van der Waals surface area contributed by atoms with Crippen LogP contribution in [0.25, 0.3) is 0 Å². The Morgan fingerprint density at radius 3 is 2.56 bits per heavy atom. The minimum atomic E-state index is -0.132. The number of carbonyl (C=O) groups excluding carboxylic acids is 1. The van der Waals surface area contributed by atoms with E-state index in [4.69, 9.17) is 4.74 Å². The molecule has 0 heterocycles. The molecular formula is C14H24O2. The molecule has 2 nitrogen and oxygen atoms in total. The van der Waals surface area contributed by atoms with Gasteiger partial charge < -0.3 is 4.74 Å². The van der Waals surface area contributed by atoms with Crippen LogP contribution < -0.4 is 0 Å². The monoisotopic (exact) mass is 224 g/mol. The summed E-state index contributed by atoms with van der Waals surface area (Å²) >= 11 is 0. The van der Waals surface area contributed by atoms with Gasteiger partial charge in [0.25, 0.3) is 0 Å². The number of carbonyl (C=O) groups is 1. The minimum absolute atomic E-state index is 0.0174. The quantitative estimate of drug-likeness (QED) is 0.684. The SMILES string of the molecule is CC(C)CC(C)C(=O)OC1(C)CCC2CC21. The van der Waals surface area contributed by atoms with Crippen molar-refractivity contribution >= 4 is 5.97 Å². The van der Waals surface area contributed by atoms with Crippen LogP contribution in [0, 0.1) is 23.7 Å². The van der Waals surface area contributed by atoms with Crippen LogP contribution >= 0.6 is 0 Å². The number of hydrogen-bond donors (Lipinski definition) is 0. The van der Waals surface area contributed by atoms with Crippen LogP contribution in [0.4, 0.5) is 0 Å². The summed E-state index contributed by atoms with van der Waals surface area (Å²) in [6.45, 7) is 8.42. The van der Waals surface area contributed by atoms with Gasteiger partial charge in [-0.15, -0.1) is 0 Å². The Labute approximate surface area is 98.7 Å². The molecule has 0 aromatic rings. The van der Waals surface area contributed by atoms with Gasteiger partial charge >= 0.3 is 5.97 Å². The largest absolute Gasteiger partial charge is 0.459 e. The van der Waals surface area contributed by atoms with Gasteiger partial charge in [-0.25, -0.2) is 0 Å².